The van der Waals surface area contributed by atoms with E-state index in [0.717, 1.165) is 22.0 Å². The molecule has 2 N–H and O–H groups in total. The molecule has 8 nitrogen and oxygen atoms in total. The molecule has 6 rings (SSSR count). The molecule has 0 radical (unpaired) electrons. The third-order valence-electron chi connectivity index (χ3n) is 7.87. The zero-order valence-electron chi connectivity index (χ0n) is 23.1. The molecule has 1 aliphatic carbocycles. The first kappa shape index (κ1) is 27.1. The number of halogens is 1. The summed E-state index contributed by atoms with van der Waals surface area (Å²) in [5.41, 5.74) is 2.37. The molecular weight excluding hydrogens is 527 g/mol. The molecule has 2 aliphatic rings. The fourth-order valence-corrected chi connectivity index (χ4v) is 5.68. The number of aromatic nitrogens is 2. The van der Waals surface area contributed by atoms with Crippen molar-refractivity contribution in [3.05, 3.63) is 77.2 Å². The highest BCUT2D eigenvalue weighted by molar-refractivity contribution is 5.80. The Morgan fingerprint density at radius 2 is 2.00 bits per heavy atom. The summed E-state index contributed by atoms with van der Waals surface area (Å²) >= 11 is 0. The van der Waals surface area contributed by atoms with Crippen molar-refractivity contribution in [1.82, 2.24) is 9.78 Å². The molecule has 0 unspecified atom stereocenters. The maximum atomic E-state index is 15.1. The predicted octanol–water partition coefficient (Wildman–Crippen LogP) is 6.54. The standard InChI is InChI=1S/C32H33FN2O6/c1-32(2,38)13-14-35-26-15-21(5-3-19(26)17-34-35)40-27-11-9-25(33)31-24(27)8-10-28(31)41-22-6-7-23-20(4-12-30(36)37)18-39-29(23)16-22/h3,5-7,9,11,15-17,20,28,38H,4,8,10,12-14,18H2,1-2H3,(H,36,37)/t20-,28-/m1/s1. The van der Waals surface area contributed by atoms with Crippen LogP contribution in [0.2, 0.25) is 0 Å². The number of aliphatic hydroxyl groups is 1. The van der Waals surface area contributed by atoms with Gasteiger partial charge >= 0.3 is 5.97 Å². The van der Waals surface area contributed by atoms with Crippen LogP contribution >= 0.6 is 0 Å². The van der Waals surface area contributed by atoms with Crippen molar-refractivity contribution in [3.8, 4) is 23.0 Å². The maximum Gasteiger partial charge on any atom is 0.303 e. The molecule has 4 aromatic rings. The van der Waals surface area contributed by atoms with E-state index in [4.69, 9.17) is 19.3 Å². The first-order valence-electron chi connectivity index (χ1n) is 14.0. The zero-order chi connectivity index (χ0) is 28.7. The van der Waals surface area contributed by atoms with Crippen molar-refractivity contribution in [2.24, 2.45) is 0 Å². The fourth-order valence-electron chi connectivity index (χ4n) is 5.68. The molecule has 0 saturated carbocycles. The van der Waals surface area contributed by atoms with Crippen LogP contribution < -0.4 is 14.2 Å². The normalized spacial score (nSPS) is 17.8. The van der Waals surface area contributed by atoms with Crippen LogP contribution in [0.1, 0.15) is 68.2 Å². The van der Waals surface area contributed by atoms with Gasteiger partial charge in [0.05, 0.1) is 23.9 Å². The van der Waals surface area contributed by atoms with Crippen LogP contribution in [0, 0.1) is 5.82 Å². The quantitative estimate of drug-likeness (QED) is 0.227. The minimum absolute atomic E-state index is 0.0406. The van der Waals surface area contributed by atoms with Crippen LogP contribution in [0.5, 0.6) is 23.0 Å². The van der Waals surface area contributed by atoms with Gasteiger partial charge in [-0.05, 0) is 69.9 Å². The van der Waals surface area contributed by atoms with Gasteiger partial charge in [0, 0.05) is 53.1 Å². The Hall–Kier alpha value is -4.11. The zero-order valence-corrected chi connectivity index (χ0v) is 23.1. The van der Waals surface area contributed by atoms with Crippen molar-refractivity contribution in [3.63, 3.8) is 0 Å². The lowest BCUT2D eigenvalue weighted by Gasteiger charge is -2.18. The largest absolute Gasteiger partial charge is 0.493 e. The molecule has 214 valence electrons. The second kappa shape index (κ2) is 10.7. The van der Waals surface area contributed by atoms with E-state index in [1.165, 1.54) is 6.07 Å². The number of hydrogen-bond donors (Lipinski definition) is 2. The number of carboxylic acids is 1. The monoisotopic (exact) mass is 560 g/mol. The average molecular weight is 561 g/mol. The second-order valence-electron chi connectivity index (χ2n) is 11.5. The number of carboxylic acid groups (broad SMARTS) is 1. The number of aliphatic carboxylic acids is 1. The van der Waals surface area contributed by atoms with Crippen molar-refractivity contribution >= 4 is 16.9 Å². The van der Waals surface area contributed by atoms with Crippen molar-refractivity contribution in [2.75, 3.05) is 6.61 Å². The van der Waals surface area contributed by atoms with E-state index in [9.17, 15) is 9.90 Å². The summed E-state index contributed by atoms with van der Waals surface area (Å²) < 4.78 is 35.4. The lowest BCUT2D eigenvalue weighted by molar-refractivity contribution is -0.137. The van der Waals surface area contributed by atoms with E-state index < -0.39 is 17.7 Å². The van der Waals surface area contributed by atoms with Gasteiger partial charge in [-0.2, -0.15) is 5.10 Å². The molecule has 0 spiro atoms. The van der Waals surface area contributed by atoms with Crippen molar-refractivity contribution in [2.45, 2.75) is 70.1 Å². The van der Waals surface area contributed by atoms with E-state index >= 15 is 4.39 Å². The van der Waals surface area contributed by atoms with E-state index in [0.29, 0.717) is 67.4 Å². The Balaban J connectivity index is 1.20. The smallest absolute Gasteiger partial charge is 0.303 e. The summed E-state index contributed by atoms with van der Waals surface area (Å²) in [6.07, 6.45) is 3.70. The highest BCUT2D eigenvalue weighted by Gasteiger charge is 2.32. The van der Waals surface area contributed by atoms with Gasteiger partial charge in [0.1, 0.15) is 34.9 Å². The molecule has 1 aliphatic heterocycles. The summed E-state index contributed by atoms with van der Waals surface area (Å²) in [4.78, 5) is 11.0. The average Bonchev–Trinajstić information content (AvgIpc) is 3.64. The number of aryl methyl sites for hydroxylation is 1. The van der Waals surface area contributed by atoms with E-state index in [1.54, 1.807) is 26.1 Å². The Morgan fingerprint density at radius 3 is 2.80 bits per heavy atom. The van der Waals surface area contributed by atoms with Crippen LogP contribution in [-0.2, 0) is 17.8 Å². The molecule has 0 saturated heterocycles. The van der Waals surface area contributed by atoms with Gasteiger partial charge in [0.15, 0.2) is 0 Å². The molecule has 1 aromatic heterocycles. The molecule has 41 heavy (non-hydrogen) atoms. The van der Waals surface area contributed by atoms with E-state index in [1.807, 2.05) is 41.1 Å². The molecule has 2 atom stereocenters. The topological polar surface area (TPSA) is 103 Å². The van der Waals surface area contributed by atoms with Gasteiger partial charge in [0.25, 0.3) is 0 Å². The number of rotatable bonds is 10. The number of ether oxygens (including phenoxy) is 3. The third-order valence-corrected chi connectivity index (χ3v) is 7.87. The maximum absolute atomic E-state index is 15.1. The summed E-state index contributed by atoms with van der Waals surface area (Å²) in [5.74, 6) is 1.36. The van der Waals surface area contributed by atoms with Gasteiger partial charge in [-0.25, -0.2) is 4.39 Å². The Labute approximate surface area is 237 Å². The number of nitrogens with zero attached hydrogens (tertiary/aromatic N) is 2. The molecule has 0 fully saturated rings. The second-order valence-corrected chi connectivity index (χ2v) is 11.5. The first-order chi connectivity index (χ1) is 19.6. The Morgan fingerprint density at radius 1 is 1.17 bits per heavy atom. The van der Waals surface area contributed by atoms with Gasteiger partial charge < -0.3 is 24.4 Å². The van der Waals surface area contributed by atoms with Gasteiger partial charge in [-0.1, -0.05) is 6.07 Å². The fraction of sp³-hybridized carbons (Fsp3) is 0.375. The highest BCUT2D eigenvalue weighted by atomic mass is 19.1. The summed E-state index contributed by atoms with van der Waals surface area (Å²) in [6.45, 7) is 4.56. The van der Waals surface area contributed by atoms with Crippen LogP contribution in [0.4, 0.5) is 4.39 Å². The number of benzene rings is 3. The molecule has 0 bridgehead atoms. The SMILES string of the molecule is CC(C)(O)CCn1ncc2ccc(Oc3ccc(F)c4c3CC[C@H]4Oc3ccc4c(c3)OC[C@H]4CCC(=O)O)cc21. The van der Waals surface area contributed by atoms with Crippen molar-refractivity contribution < 1.29 is 33.6 Å². The molecule has 3 aromatic carbocycles. The van der Waals surface area contributed by atoms with Gasteiger partial charge in [-0.15, -0.1) is 0 Å². The van der Waals surface area contributed by atoms with E-state index in [2.05, 4.69) is 5.10 Å². The molecule has 9 heteroatoms. The van der Waals surface area contributed by atoms with Crippen molar-refractivity contribution in [1.29, 1.82) is 0 Å². The highest BCUT2D eigenvalue weighted by Crippen LogP contribution is 2.44. The lowest BCUT2D eigenvalue weighted by Crippen LogP contribution is -2.21. The summed E-state index contributed by atoms with van der Waals surface area (Å²) in [5, 5.41) is 24.6. The lowest BCUT2D eigenvalue weighted by atomic mass is 9.96. The number of fused-ring (bicyclic) bond motifs is 3. The van der Waals surface area contributed by atoms with Crippen LogP contribution in [-0.4, -0.2) is 38.2 Å². The van der Waals surface area contributed by atoms with Gasteiger partial charge in [-0.3, -0.25) is 9.48 Å². The molecule has 0 amide bonds. The molecular formula is C32H33FN2O6. The van der Waals surface area contributed by atoms with Crippen LogP contribution in [0.25, 0.3) is 10.9 Å². The summed E-state index contributed by atoms with van der Waals surface area (Å²) in [6, 6.07) is 14.4. The number of hydrogen-bond acceptors (Lipinski definition) is 6. The Bertz CT molecular complexity index is 1610. The summed E-state index contributed by atoms with van der Waals surface area (Å²) in [7, 11) is 0. The predicted molar refractivity (Wildman–Crippen MR) is 150 cm³/mol. The van der Waals surface area contributed by atoms with Crippen LogP contribution in [0.3, 0.4) is 0 Å². The minimum Gasteiger partial charge on any atom is -0.493 e. The Kier molecular flexibility index (Phi) is 7.07. The molecule has 2 heterocycles. The van der Waals surface area contributed by atoms with Crippen LogP contribution in [0.15, 0.2) is 54.7 Å². The minimum atomic E-state index is -0.821. The first-order valence-corrected chi connectivity index (χ1v) is 14.0. The third kappa shape index (κ3) is 5.72. The van der Waals surface area contributed by atoms with Gasteiger partial charge in [0.2, 0.25) is 0 Å². The number of carbonyl (C=O) groups is 1. The van der Waals surface area contributed by atoms with E-state index in [-0.39, 0.29) is 18.2 Å².